The van der Waals surface area contributed by atoms with Gasteiger partial charge in [-0.1, -0.05) is 63.5 Å². The van der Waals surface area contributed by atoms with Gasteiger partial charge in [0, 0.05) is 28.7 Å². The normalized spacial score (nSPS) is 12.2. The summed E-state index contributed by atoms with van der Waals surface area (Å²) in [6.07, 6.45) is 12.0. The Morgan fingerprint density at radius 3 is 2.42 bits per heavy atom. The molecule has 1 heterocycles. The second kappa shape index (κ2) is 12.7. The predicted molar refractivity (Wildman–Crippen MR) is 136 cm³/mol. The molecule has 5 nitrogen and oxygen atoms in total. The smallest absolute Gasteiger partial charge is 0.120 e. The Hall–Kier alpha value is -2.50. The molecule has 0 bridgehead atoms. The highest BCUT2D eigenvalue weighted by Crippen LogP contribution is 2.25. The van der Waals surface area contributed by atoms with E-state index in [-0.39, 0.29) is 5.75 Å². The molecule has 0 fully saturated rings. The van der Waals surface area contributed by atoms with Crippen molar-refractivity contribution in [2.75, 3.05) is 13.6 Å². The largest absolute Gasteiger partial charge is 0.508 e. The molecule has 0 radical (unpaired) electrons. The summed E-state index contributed by atoms with van der Waals surface area (Å²) in [6.45, 7) is 3.94. The van der Waals surface area contributed by atoms with Crippen molar-refractivity contribution in [3.05, 3.63) is 64.6 Å². The maximum atomic E-state index is 10.4. The third kappa shape index (κ3) is 7.51. The van der Waals surface area contributed by atoms with Crippen LogP contribution >= 0.6 is 11.6 Å². The molecule has 0 unspecified atom stereocenters. The Labute approximate surface area is 201 Å². The van der Waals surface area contributed by atoms with Crippen LogP contribution in [0.2, 0.25) is 5.02 Å². The second-order valence-corrected chi connectivity index (χ2v) is 9.28. The summed E-state index contributed by atoms with van der Waals surface area (Å²) < 4.78 is 1.04. The number of halogens is 1. The zero-order chi connectivity index (χ0) is 23.6. The van der Waals surface area contributed by atoms with Gasteiger partial charge in [0.15, 0.2) is 0 Å². The highest BCUT2D eigenvalue weighted by molar-refractivity contribution is 6.31. The predicted octanol–water partition coefficient (Wildman–Crippen LogP) is 7.04. The molecule has 0 aliphatic heterocycles. The lowest BCUT2D eigenvalue weighted by Gasteiger charge is -2.17. The minimum Gasteiger partial charge on any atom is -0.508 e. The number of nitrogens with zero attached hydrogens (tertiary/aromatic N) is 3. The van der Waals surface area contributed by atoms with E-state index < -0.39 is 0 Å². The number of aromatic nitrogens is 1. The molecule has 2 aromatic carbocycles. The number of unbranched alkanes of at least 4 members (excludes halogenated alkanes) is 7. The number of benzene rings is 2. The second-order valence-electron chi connectivity index (χ2n) is 8.84. The van der Waals surface area contributed by atoms with E-state index in [1.807, 2.05) is 12.1 Å². The number of phenolic OH excluding ortho intramolecular Hbond substituents is 1. The van der Waals surface area contributed by atoms with Gasteiger partial charge in [-0.2, -0.15) is 4.73 Å². The van der Waals surface area contributed by atoms with Gasteiger partial charge in [-0.3, -0.25) is 0 Å². The summed E-state index contributed by atoms with van der Waals surface area (Å²) in [7, 11) is 2.10. The van der Waals surface area contributed by atoms with Gasteiger partial charge in [0.2, 0.25) is 0 Å². The molecule has 0 aliphatic carbocycles. The van der Waals surface area contributed by atoms with E-state index in [0.29, 0.717) is 17.1 Å². The highest BCUT2D eigenvalue weighted by Gasteiger charge is 2.08. The highest BCUT2D eigenvalue weighted by atomic mass is 35.5. The number of rotatable bonds is 12. The van der Waals surface area contributed by atoms with E-state index in [9.17, 15) is 10.3 Å². The zero-order valence-corrected chi connectivity index (χ0v) is 20.6. The van der Waals surface area contributed by atoms with Crippen LogP contribution in [0.1, 0.15) is 63.9 Å². The molecule has 3 rings (SSSR count). The molecule has 0 aliphatic rings. The summed E-state index contributed by atoms with van der Waals surface area (Å²) in [5.74, 6) is 0.287. The van der Waals surface area contributed by atoms with Gasteiger partial charge >= 0.3 is 0 Å². The monoisotopic (exact) mass is 469 g/mol. The van der Waals surface area contributed by atoms with Crippen LogP contribution in [0.3, 0.4) is 0 Å². The standard InChI is InChI=1S/C27H36ClN3O2/c1-3-4-5-6-7-8-9-10-16-30(2)20-21-18-23(12-14-27(21)32)29-25-15-17-31(33)26-19-22(28)11-13-24(25)26/h11-15,17-19,32-33H,3-10,16,20H2,1-2H3. The van der Waals surface area contributed by atoms with E-state index in [1.165, 1.54) is 51.4 Å². The van der Waals surface area contributed by atoms with Gasteiger partial charge in [-0.05, 0) is 62.5 Å². The molecule has 178 valence electrons. The third-order valence-electron chi connectivity index (χ3n) is 6.00. The van der Waals surface area contributed by atoms with Gasteiger partial charge < -0.3 is 15.2 Å². The van der Waals surface area contributed by atoms with E-state index >= 15 is 0 Å². The van der Waals surface area contributed by atoms with Crippen molar-refractivity contribution in [3.63, 3.8) is 0 Å². The molecule has 0 atom stereocenters. The Balaban J connectivity index is 1.63. The van der Waals surface area contributed by atoms with Crippen molar-refractivity contribution >= 4 is 28.2 Å². The first kappa shape index (κ1) is 25.1. The van der Waals surface area contributed by atoms with Crippen LogP contribution in [-0.4, -0.2) is 33.5 Å². The van der Waals surface area contributed by atoms with Crippen molar-refractivity contribution in [3.8, 4) is 5.75 Å². The third-order valence-corrected chi connectivity index (χ3v) is 6.24. The fraction of sp³-hybridized carbons (Fsp3) is 0.444. The molecule has 33 heavy (non-hydrogen) atoms. The van der Waals surface area contributed by atoms with Crippen LogP contribution in [0.15, 0.2) is 53.7 Å². The first-order valence-corrected chi connectivity index (χ1v) is 12.4. The Morgan fingerprint density at radius 1 is 0.939 bits per heavy atom. The van der Waals surface area contributed by atoms with E-state index in [4.69, 9.17) is 16.6 Å². The molecular weight excluding hydrogens is 434 g/mol. The fourth-order valence-electron chi connectivity index (χ4n) is 4.11. The Kier molecular flexibility index (Phi) is 9.64. The van der Waals surface area contributed by atoms with Gasteiger partial charge in [0.1, 0.15) is 5.75 Å². The Bertz CT molecular complexity index is 1110. The summed E-state index contributed by atoms with van der Waals surface area (Å²) in [4.78, 5) is 7.02. The summed E-state index contributed by atoms with van der Waals surface area (Å²) >= 11 is 6.08. The van der Waals surface area contributed by atoms with Gasteiger partial charge in [-0.15, -0.1) is 0 Å². The van der Waals surface area contributed by atoms with Crippen LogP contribution in [0.4, 0.5) is 5.69 Å². The van der Waals surface area contributed by atoms with Crippen molar-refractivity contribution in [1.29, 1.82) is 0 Å². The molecule has 0 saturated heterocycles. The first-order valence-electron chi connectivity index (χ1n) is 12.0. The van der Waals surface area contributed by atoms with Crippen molar-refractivity contribution in [2.24, 2.45) is 4.99 Å². The quantitative estimate of drug-likeness (QED) is 0.221. The molecule has 3 aromatic rings. The maximum Gasteiger partial charge on any atom is 0.120 e. The SMILES string of the molecule is CCCCCCCCCCN(C)Cc1cc(N=c2ccn(O)c3cc(Cl)ccc23)ccc1O. The van der Waals surface area contributed by atoms with Crippen LogP contribution in [0.5, 0.6) is 5.75 Å². The molecule has 0 saturated carbocycles. The van der Waals surface area contributed by atoms with E-state index in [1.54, 1.807) is 36.5 Å². The molecule has 0 spiro atoms. The van der Waals surface area contributed by atoms with Crippen LogP contribution in [0, 0.1) is 0 Å². The van der Waals surface area contributed by atoms with Crippen LogP contribution in [0.25, 0.3) is 10.9 Å². The number of hydrogen-bond donors (Lipinski definition) is 2. The van der Waals surface area contributed by atoms with E-state index in [0.717, 1.165) is 33.3 Å². The van der Waals surface area contributed by atoms with Crippen molar-refractivity contribution in [1.82, 2.24) is 9.63 Å². The molecule has 6 heteroatoms. The minimum atomic E-state index is 0.287. The van der Waals surface area contributed by atoms with Crippen molar-refractivity contribution < 1.29 is 10.3 Å². The lowest BCUT2D eigenvalue weighted by atomic mass is 10.1. The molecular formula is C27H36ClN3O2. The van der Waals surface area contributed by atoms with E-state index in [2.05, 4.69) is 18.9 Å². The molecule has 0 amide bonds. The van der Waals surface area contributed by atoms with Gasteiger partial charge in [-0.25, -0.2) is 4.99 Å². The lowest BCUT2D eigenvalue weighted by molar-refractivity contribution is 0.198. The number of pyridine rings is 1. The summed E-state index contributed by atoms with van der Waals surface area (Å²) in [5, 5.41) is 22.6. The van der Waals surface area contributed by atoms with Gasteiger partial charge in [0.25, 0.3) is 0 Å². The molecule has 2 N–H and O–H groups in total. The average Bonchev–Trinajstić information content (AvgIpc) is 2.80. The number of phenols is 1. The van der Waals surface area contributed by atoms with Crippen molar-refractivity contribution in [2.45, 2.75) is 64.8 Å². The number of aromatic hydroxyl groups is 1. The number of hydrogen-bond acceptors (Lipinski definition) is 4. The van der Waals surface area contributed by atoms with Gasteiger partial charge in [0.05, 0.1) is 16.6 Å². The zero-order valence-electron chi connectivity index (χ0n) is 19.8. The fourth-order valence-corrected chi connectivity index (χ4v) is 4.28. The van der Waals surface area contributed by atoms with Crippen LogP contribution < -0.4 is 5.36 Å². The number of fused-ring (bicyclic) bond motifs is 1. The summed E-state index contributed by atoms with van der Waals surface area (Å²) in [6, 6.07) is 12.5. The maximum absolute atomic E-state index is 10.4. The Morgan fingerprint density at radius 2 is 1.67 bits per heavy atom. The minimum absolute atomic E-state index is 0.287. The topological polar surface area (TPSA) is 61.0 Å². The van der Waals surface area contributed by atoms with Crippen LogP contribution in [-0.2, 0) is 6.54 Å². The lowest BCUT2D eigenvalue weighted by Crippen LogP contribution is -2.19. The first-order chi connectivity index (χ1) is 16.0. The molecule has 1 aromatic heterocycles. The summed E-state index contributed by atoms with van der Waals surface area (Å²) in [5.41, 5.74) is 2.21. The average molecular weight is 470 g/mol.